The Morgan fingerprint density at radius 2 is 1.72 bits per heavy atom. The van der Waals surface area contributed by atoms with Crippen molar-refractivity contribution in [3.8, 4) is 17.1 Å². The summed E-state index contributed by atoms with van der Waals surface area (Å²) in [6.45, 7) is 10.0. The Bertz CT molecular complexity index is 689. The van der Waals surface area contributed by atoms with Crippen molar-refractivity contribution in [1.29, 1.82) is 0 Å². The van der Waals surface area contributed by atoms with Crippen LogP contribution in [0.25, 0.3) is 11.4 Å². The Morgan fingerprint density at radius 3 is 2.24 bits per heavy atom. The monoisotopic (exact) mass is 362 g/mol. The number of hydrogen-bond acceptors (Lipinski definition) is 5. The van der Waals surface area contributed by atoms with Gasteiger partial charge in [0.15, 0.2) is 5.82 Å². The standard InChI is InChI=1S/C18H26N4O2S/c1-11(2)22(12(3)4)17(23)13(5)25-18-19-16(20-21-18)14-7-9-15(24-6)10-8-14/h7-13H,1-6H3,(H,19,20,21)/t13-/m1/s1. The SMILES string of the molecule is COc1ccc(-c2nc(S[C@H](C)C(=O)N(C(C)C)C(C)C)n[nH]2)cc1. The van der Waals surface area contributed by atoms with Crippen LogP contribution in [0.5, 0.6) is 5.75 Å². The van der Waals surface area contributed by atoms with Crippen LogP contribution in [0.3, 0.4) is 0 Å². The van der Waals surface area contributed by atoms with E-state index in [0.29, 0.717) is 11.0 Å². The van der Waals surface area contributed by atoms with Gasteiger partial charge in [0.25, 0.3) is 0 Å². The average Bonchev–Trinajstić information content (AvgIpc) is 3.02. The number of methoxy groups -OCH3 is 1. The third-order valence-corrected chi connectivity index (χ3v) is 4.77. The van der Waals surface area contributed by atoms with E-state index in [2.05, 4.69) is 15.2 Å². The van der Waals surface area contributed by atoms with Gasteiger partial charge in [-0.05, 0) is 58.9 Å². The van der Waals surface area contributed by atoms with E-state index in [0.717, 1.165) is 11.3 Å². The Labute approximate surface area is 153 Å². The number of carbonyl (C=O) groups is 1. The predicted molar refractivity (Wildman–Crippen MR) is 101 cm³/mol. The molecule has 0 unspecified atom stereocenters. The molecular weight excluding hydrogens is 336 g/mol. The van der Waals surface area contributed by atoms with Gasteiger partial charge in [-0.25, -0.2) is 4.98 Å². The molecule has 1 aromatic carbocycles. The average molecular weight is 362 g/mol. The van der Waals surface area contributed by atoms with E-state index in [1.807, 2.05) is 63.8 Å². The zero-order valence-corrected chi connectivity index (χ0v) is 16.4. The molecule has 1 N–H and O–H groups in total. The molecule has 0 aliphatic heterocycles. The fraction of sp³-hybridized carbons (Fsp3) is 0.500. The van der Waals surface area contributed by atoms with Gasteiger partial charge in [-0.2, -0.15) is 0 Å². The Hall–Kier alpha value is -2.02. The van der Waals surface area contributed by atoms with Gasteiger partial charge >= 0.3 is 0 Å². The maximum Gasteiger partial charge on any atom is 0.236 e. The lowest BCUT2D eigenvalue weighted by atomic mass is 10.2. The van der Waals surface area contributed by atoms with Gasteiger partial charge in [0.2, 0.25) is 11.1 Å². The molecular formula is C18H26N4O2S. The molecule has 1 atom stereocenters. The van der Waals surface area contributed by atoms with Crippen molar-refractivity contribution in [1.82, 2.24) is 20.1 Å². The highest BCUT2D eigenvalue weighted by Crippen LogP contribution is 2.25. The van der Waals surface area contributed by atoms with Crippen LogP contribution < -0.4 is 4.74 Å². The summed E-state index contributed by atoms with van der Waals surface area (Å²) in [5, 5.41) is 7.48. The molecule has 1 aromatic heterocycles. The van der Waals surface area contributed by atoms with E-state index in [-0.39, 0.29) is 23.2 Å². The highest BCUT2D eigenvalue weighted by atomic mass is 32.2. The predicted octanol–water partition coefficient (Wildman–Crippen LogP) is 3.61. The minimum Gasteiger partial charge on any atom is -0.497 e. The van der Waals surface area contributed by atoms with Crippen molar-refractivity contribution in [3.63, 3.8) is 0 Å². The van der Waals surface area contributed by atoms with Gasteiger partial charge in [0.05, 0.1) is 12.4 Å². The van der Waals surface area contributed by atoms with E-state index in [4.69, 9.17) is 4.74 Å². The normalized spacial score (nSPS) is 12.5. The van der Waals surface area contributed by atoms with Gasteiger partial charge in [0.1, 0.15) is 5.75 Å². The molecule has 2 aromatic rings. The molecule has 0 aliphatic carbocycles. The van der Waals surface area contributed by atoms with Crippen LogP contribution in [-0.4, -0.2) is 50.4 Å². The minimum atomic E-state index is -0.246. The maximum absolute atomic E-state index is 12.7. The summed E-state index contributed by atoms with van der Waals surface area (Å²) in [6, 6.07) is 7.92. The Balaban J connectivity index is 2.08. The van der Waals surface area contributed by atoms with Crippen LogP contribution in [0.2, 0.25) is 0 Å². The van der Waals surface area contributed by atoms with Crippen LogP contribution in [0, 0.1) is 0 Å². The number of ether oxygens (including phenoxy) is 1. The summed E-state index contributed by atoms with van der Waals surface area (Å²) < 4.78 is 5.16. The molecule has 1 heterocycles. The first-order valence-corrected chi connectivity index (χ1v) is 9.27. The van der Waals surface area contributed by atoms with Crippen molar-refractivity contribution in [2.75, 3.05) is 7.11 Å². The number of aromatic nitrogens is 3. The van der Waals surface area contributed by atoms with Crippen molar-refractivity contribution in [2.45, 2.75) is 57.1 Å². The molecule has 0 bridgehead atoms. The Morgan fingerprint density at radius 1 is 1.12 bits per heavy atom. The summed E-state index contributed by atoms with van der Waals surface area (Å²) in [5.41, 5.74) is 0.921. The van der Waals surface area contributed by atoms with Crippen LogP contribution in [0.1, 0.15) is 34.6 Å². The second kappa shape index (κ2) is 8.38. The highest BCUT2D eigenvalue weighted by molar-refractivity contribution is 8.00. The van der Waals surface area contributed by atoms with Gasteiger partial charge in [-0.15, -0.1) is 5.10 Å². The van der Waals surface area contributed by atoms with Crippen molar-refractivity contribution >= 4 is 17.7 Å². The fourth-order valence-corrected chi connectivity index (χ4v) is 3.48. The fourth-order valence-electron chi connectivity index (χ4n) is 2.70. The molecule has 2 rings (SSSR count). The van der Waals surface area contributed by atoms with E-state index in [9.17, 15) is 4.79 Å². The molecule has 0 saturated heterocycles. The number of rotatable bonds is 7. The number of H-pyrrole nitrogens is 1. The minimum absolute atomic E-state index is 0.103. The number of hydrogen-bond donors (Lipinski definition) is 1. The lowest BCUT2D eigenvalue weighted by molar-refractivity contribution is -0.133. The number of benzene rings is 1. The summed E-state index contributed by atoms with van der Waals surface area (Å²) in [7, 11) is 1.63. The zero-order valence-electron chi connectivity index (χ0n) is 15.6. The van der Waals surface area contributed by atoms with Gasteiger partial charge < -0.3 is 9.64 Å². The third kappa shape index (κ3) is 4.75. The molecule has 0 fully saturated rings. The smallest absolute Gasteiger partial charge is 0.236 e. The Kier molecular flexibility index (Phi) is 6.47. The number of nitrogens with zero attached hydrogens (tertiary/aromatic N) is 3. The van der Waals surface area contributed by atoms with Crippen LogP contribution in [0.15, 0.2) is 29.4 Å². The molecule has 0 spiro atoms. The zero-order chi connectivity index (χ0) is 18.6. The van der Waals surface area contributed by atoms with Crippen molar-refractivity contribution < 1.29 is 9.53 Å². The molecule has 6 nitrogen and oxygen atoms in total. The topological polar surface area (TPSA) is 71.1 Å². The van der Waals surface area contributed by atoms with Crippen LogP contribution in [0.4, 0.5) is 0 Å². The summed E-state index contributed by atoms with van der Waals surface area (Å²) in [6.07, 6.45) is 0. The van der Waals surface area contributed by atoms with E-state index < -0.39 is 0 Å². The number of thioether (sulfide) groups is 1. The van der Waals surface area contributed by atoms with E-state index in [1.54, 1.807) is 7.11 Å². The molecule has 136 valence electrons. The molecule has 0 saturated carbocycles. The van der Waals surface area contributed by atoms with Crippen LogP contribution >= 0.6 is 11.8 Å². The first-order valence-electron chi connectivity index (χ1n) is 8.39. The van der Waals surface area contributed by atoms with Crippen molar-refractivity contribution in [3.05, 3.63) is 24.3 Å². The highest BCUT2D eigenvalue weighted by Gasteiger charge is 2.26. The number of nitrogens with one attached hydrogen (secondary N) is 1. The molecule has 25 heavy (non-hydrogen) atoms. The largest absolute Gasteiger partial charge is 0.497 e. The quantitative estimate of drug-likeness (QED) is 0.762. The number of aromatic amines is 1. The molecule has 7 heteroatoms. The first kappa shape index (κ1) is 19.3. The third-order valence-electron chi connectivity index (χ3n) is 3.83. The van der Waals surface area contributed by atoms with Gasteiger partial charge in [-0.3, -0.25) is 9.89 Å². The summed E-state index contributed by atoms with van der Waals surface area (Å²) in [5.74, 6) is 1.57. The first-order chi connectivity index (χ1) is 11.8. The molecule has 0 aliphatic rings. The van der Waals surface area contributed by atoms with Gasteiger partial charge in [0, 0.05) is 17.6 Å². The van der Waals surface area contributed by atoms with E-state index >= 15 is 0 Å². The van der Waals surface area contributed by atoms with Gasteiger partial charge in [-0.1, -0.05) is 11.8 Å². The van der Waals surface area contributed by atoms with Crippen molar-refractivity contribution in [2.24, 2.45) is 0 Å². The lowest BCUT2D eigenvalue weighted by Gasteiger charge is -2.32. The second-order valence-corrected chi connectivity index (χ2v) is 7.70. The molecule has 1 amide bonds. The maximum atomic E-state index is 12.7. The molecule has 0 radical (unpaired) electrons. The number of carbonyl (C=O) groups excluding carboxylic acids is 1. The van der Waals surface area contributed by atoms with Crippen LogP contribution in [-0.2, 0) is 4.79 Å². The van der Waals surface area contributed by atoms with E-state index in [1.165, 1.54) is 11.8 Å². The summed E-state index contributed by atoms with van der Waals surface area (Å²) >= 11 is 1.37. The number of amides is 1. The summed E-state index contributed by atoms with van der Waals surface area (Å²) in [4.78, 5) is 19.1. The lowest BCUT2D eigenvalue weighted by Crippen LogP contribution is -2.45. The second-order valence-electron chi connectivity index (χ2n) is 6.39.